The smallest absolute Gasteiger partial charge is 0.244 e. The minimum absolute atomic E-state index is 0.182. The minimum atomic E-state index is -0.739. The molecule has 4 N–H and O–H groups in total. The Labute approximate surface area is 126 Å². The summed E-state index contributed by atoms with van der Waals surface area (Å²) in [6, 6.07) is 7.30. The van der Waals surface area contributed by atoms with E-state index in [9.17, 15) is 9.90 Å². The van der Waals surface area contributed by atoms with E-state index in [0.717, 1.165) is 31.2 Å². The van der Waals surface area contributed by atoms with Crippen molar-refractivity contribution in [1.82, 2.24) is 5.32 Å². The first-order chi connectivity index (χ1) is 9.97. The standard InChI is InChI=1S/C17H24N2O2/c1-13-8-10-17(21,11-9-13)12-19-16(20)7-4-14-2-5-15(18)6-3-14/h2-7,13,21H,8-12,18H2,1H3,(H,19,20)/b7-4+. The van der Waals surface area contributed by atoms with E-state index < -0.39 is 5.60 Å². The largest absolute Gasteiger partial charge is 0.399 e. The summed E-state index contributed by atoms with van der Waals surface area (Å²) in [6.45, 7) is 2.53. The van der Waals surface area contributed by atoms with Crippen molar-refractivity contribution in [1.29, 1.82) is 0 Å². The average molecular weight is 288 g/mol. The van der Waals surface area contributed by atoms with Gasteiger partial charge in [-0.1, -0.05) is 19.1 Å². The molecule has 0 radical (unpaired) electrons. The fourth-order valence-corrected chi connectivity index (χ4v) is 2.57. The summed E-state index contributed by atoms with van der Waals surface area (Å²) in [5.74, 6) is 0.491. The van der Waals surface area contributed by atoms with Crippen molar-refractivity contribution < 1.29 is 9.90 Å². The van der Waals surface area contributed by atoms with Crippen LogP contribution in [0.5, 0.6) is 0 Å². The van der Waals surface area contributed by atoms with E-state index >= 15 is 0 Å². The van der Waals surface area contributed by atoms with Crippen LogP contribution in [0.25, 0.3) is 6.08 Å². The third-order valence-electron chi connectivity index (χ3n) is 4.16. The lowest BCUT2D eigenvalue weighted by Crippen LogP contribution is -2.44. The van der Waals surface area contributed by atoms with Gasteiger partial charge in [0.2, 0.25) is 5.91 Å². The molecule has 0 aromatic heterocycles. The molecule has 1 aliphatic rings. The number of benzene rings is 1. The van der Waals surface area contributed by atoms with E-state index in [1.807, 2.05) is 12.1 Å². The zero-order valence-electron chi connectivity index (χ0n) is 12.5. The first-order valence-corrected chi connectivity index (χ1v) is 7.51. The first-order valence-electron chi connectivity index (χ1n) is 7.51. The van der Waals surface area contributed by atoms with E-state index in [1.165, 1.54) is 6.08 Å². The van der Waals surface area contributed by atoms with E-state index in [4.69, 9.17) is 5.73 Å². The molecule has 0 unspecified atom stereocenters. The molecule has 0 heterocycles. The second-order valence-electron chi connectivity index (χ2n) is 6.12. The van der Waals surface area contributed by atoms with Crippen LogP contribution in [0.15, 0.2) is 30.3 Å². The highest BCUT2D eigenvalue weighted by atomic mass is 16.3. The molecule has 1 amide bonds. The topological polar surface area (TPSA) is 75.3 Å². The van der Waals surface area contributed by atoms with Crippen molar-refractivity contribution >= 4 is 17.7 Å². The van der Waals surface area contributed by atoms with Gasteiger partial charge in [0.25, 0.3) is 0 Å². The lowest BCUT2D eigenvalue weighted by Gasteiger charge is -2.34. The van der Waals surface area contributed by atoms with Gasteiger partial charge < -0.3 is 16.2 Å². The summed E-state index contributed by atoms with van der Waals surface area (Å²) < 4.78 is 0. The number of aliphatic hydroxyl groups is 1. The van der Waals surface area contributed by atoms with Crippen LogP contribution in [0.2, 0.25) is 0 Å². The monoisotopic (exact) mass is 288 g/mol. The molecular weight excluding hydrogens is 264 g/mol. The van der Waals surface area contributed by atoms with Crippen molar-refractivity contribution in [2.24, 2.45) is 5.92 Å². The van der Waals surface area contributed by atoms with Crippen LogP contribution >= 0.6 is 0 Å². The van der Waals surface area contributed by atoms with Crippen LogP contribution in [0.1, 0.15) is 38.2 Å². The highest BCUT2D eigenvalue weighted by Crippen LogP contribution is 2.31. The third-order valence-corrected chi connectivity index (χ3v) is 4.16. The number of carbonyl (C=O) groups is 1. The number of amides is 1. The molecule has 1 fully saturated rings. The van der Waals surface area contributed by atoms with Crippen molar-refractivity contribution in [3.05, 3.63) is 35.9 Å². The quantitative estimate of drug-likeness (QED) is 0.588. The molecule has 114 valence electrons. The third kappa shape index (κ3) is 4.90. The van der Waals surface area contributed by atoms with Crippen LogP contribution in [0, 0.1) is 5.92 Å². The molecule has 0 spiro atoms. The van der Waals surface area contributed by atoms with Gasteiger partial charge in [-0.2, -0.15) is 0 Å². The van der Waals surface area contributed by atoms with E-state index in [0.29, 0.717) is 18.2 Å². The van der Waals surface area contributed by atoms with Crippen molar-refractivity contribution in [3.8, 4) is 0 Å². The molecule has 1 aliphatic carbocycles. The Morgan fingerprint density at radius 1 is 1.38 bits per heavy atom. The molecule has 0 bridgehead atoms. The van der Waals surface area contributed by atoms with E-state index in [2.05, 4.69) is 12.2 Å². The molecule has 21 heavy (non-hydrogen) atoms. The second-order valence-corrected chi connectivity index (χ2v) is 6.12. The highest BCUT2D eigenvalue weighted by Gasteiger charge is 2.31. The summed E-state index contributed by atoms with van der Waals surface area (Å²) in [7, 11) is 0. The lowest BCUT2D eigenvalue weighted by molar-refractivity contribution is -0.118. The number of nitrogens with two attached hydrogens (primary N) is 1. The van der Waals surface area contributed by atoms with Crippen molar-refractivity contribution in [2.45, 2.75) is 38.2 Å². The number of nitrogen functional groups attached to an aromatic ring is 1. The molecule has 1 aromatic rings. The summed E-state index contributed by atoms with van der Waals surface area (Å²) in [6.07, 6.45) is 6.79. The number of nitrogens with one attached hydrogen (secondary N) is 1. The maximum absolute atomic E-state index is 11.8. The van der Waals surface area contributed by atoms with Gasteiger partial charge in [-0.05, 0) is 55.4 Å². The van der Waals surface area contributed by atoms with Crippen molar-refractivity contribution in [2.75, 3.05) is 12.3 Å². The van der Waals surface area contributed by atoms with E-state index in [-0.39, 0.29) is 5.91 Å². The van der Waals surface area contributed by atoms with Crippen LogP contribution < -0.4 is 11.1 Å². The molecule has 0 atom stereocenters. The van der Waals surface area contributed by atoms with Gasteiger partial charge >= 0.3 is 0 Å². The predicted molar refractivity (Wildman–Crippen MR) is 85.5 cm³/mol. The molecule has 1 saturated carbocycles. The minimum Gasteiger partial charge on any atom is -0.399 e. The Bertz CT molecular complexity index is 500. The van der Waals surface area contributed by atoms with Gasteiger partial charge in [0, 0.05) is 18.3 Å². The fourth-order valence-electron chi connectivity index (χ4n) is 2.57. The average Bonchev–Trinajstić information content (AvgIpc) is 2.48. The zero-order chi connectivity index (χ0) is 15.3. The van der Waals surface area contributed by atoms with Gasteiger partial charge in [0.05, 0.1) is 5.60 Å². The molecule has 4 heteroatoms. The normalized spacial score (nSPS) is 25.9. The SMILES string of the molecule is CC1CCC(O)(CNC(=O)/C=C/c2ccc(N)cc2)CC1. The number of hydrogen-bond donors (Lipinski definition) is 3. The molecule has 4 nitrogen and oxygen atoms in total. The van der Waals surface area contributed by atoms with Crippen LogP contribution in [-0.4, -0.2) is 23.2 Å². The Morgan fingerprint density at radius 3 is 2.62 bits per heavy atom. The summed E-state index contributed by atoms with van der Waals surface area (Å²) in [4.78, 5) is 11.8. The maximum atomic E-state index is 11.8. The van der Waals surface area contributed by atoms with E-state index in [1.54, 1.807) is 18.2 Å². The Balaban J connectivity index is 1.80. The summed E-state index contributed by atoms with van der Waals surface area (Å²) in [5.41, 5.74) is 6.49. The number of carbonyl (C=O) groups excluding carboxylic acids is 1. The second kappa shape index (κ2) is 6.76. The van der Waals surface area contributed by atoms with Gasteiger partial charge in [-0.15, -0.1) is 0 Å². The van der Waals surface area contributed by atoms with Crippen LogP contribution in [0.4, 0.5) is 5.69 Å². The first kappa shape index (κ1) is 15.6. The lowest BCUT2D eigenvalue weighted by atomic mass is 9.79. The molecule has 2 rings (SSSR count). The Hall–Kier alpha value is -1.81. The molecular formula is C17H24N2O2. The molecule has 0 aliphatic heterocycles. The molecule has 0 saturated heterocycles. The maximum Gasteiger partial charge on any atom is 0.244 e. The van der Waals surface area contributed by atoms with Crippen LogP contribution in [-0.2, 0) is 4.79 Å². The fraction of sp³-hybridized carbons (Fsp3) is 0.471. The molecule has 1 aromatic carbocycles. The Kier molecular flexibility index (Phi) is 5.02. The number of anilines is 1. The van der Waals surface area contributed by atoms with Gasteiger partial charge in [0.15, 0.2) is 0 Å². The van der Waals surface area contributed by atoms with Crippen molar-refractivity contribution in [3.63, 3.8) is 0 Å². The number of hydrogen-bond acceptors (Lipinski definition) is 3. The highest BCUT2D eigenvalue weighted by molar-refractivity contribution is 5.91. The van der Waals surface area contributed by atoms with Gasteiger partial charge in [0.1, 0.15) is 0 Å². The zero-order valence-corrected chi connectivity index (χ0v) is 12.5. The number of rotatable bonds is 4. The summed E-state index contributed by atoms with van der Waals surface area (Å²) >= 11 is 0. The Morgan fingerprint density at radius 2 is 2.00 bits per heavy atom. The summed E-state index contributed by atoms with van der Waals surface area (Å²) in [5, 5.41) is 13.2. The van der Waals surface area contributed by atoms with Gasteiger partial charge in [-0.25, -0.2) is 0 Å². The predicted octanol–water partition coefficient (Wildman–Crippen LogP) is 2.34. The van der Waals surface area contributed by atoms with Crippen LogP contribution in [0.3, 0.4) is 0 Å². The van der Waals surface area contributed by atoms with Gasteiger partial charge in [-0.3, -0.25) is 4.79 Å².